The van der Waals surface area contributed by atoms with Crippen LogP contribution in [0.25, 0.3) is 0 Å². The highest BCUT2D eigenvalue weighted by atomic mass is 32.2. The molecule has 13 heavy (non-hydrogen) atoms. The molecule has 3 N–H and O–H groups in total. The van der Waals surface area contributed by atoms with Gasteiger partial charge in [-0.15, -0.1) is 11.8 Å². The van der Waals surface area contributed by atoms with Gasteiger partial charge in [0, 0.05) is 4.90 Å². The normalized spacial score (nSPS) is 12.5. The lowest BCUT2D eigenvalue weighted by atomic mass is 10.1. The standard InChI is InChI=1S/C9H11NO2S/c1-13-7-4-2-3-6(5-7)8(10)9(11)12/h2-5,8H,10H2,1H3,(H,11,12). The third-order valence-corrected chi connectivity index (χ3v) is 2.44. The van der Waals surface area contributed by atoms with Crippen LogP contribution in [0, 0.1) is 0 Å². The molecule has 3 nitrogen and oxygen atoms in total. The predicted molar refractivity (Wildman–Crippen MR) is 52.8 cm³/mol. The number of benzene rings is 1. The SMILES string of the molecule is CSc1cccc(C(N)C(=O)O)c1. The second-order valence-electron chi connectivity index (χ2n) is 2.59. The fourth-order valence-corrected chi connectivity index (χ4v) is 1.45. The Balaban J connectivity index is 2.94. The number of carboxylic acid groups (broad SMARTS) is 1. The number of carboxylic acids is 1. The van der Waals surface area contributed by atoms with Crippen molar-refractivity contribution in [1.29, 1.82) is 0 Å². The number of aliphatic carboxylic acids is 1. The van der Waals surface area contributed by atoms with Gasteiger partial charge in [0.15, 0.2) is 0 Å². The maximum absolute atomic E-state index is 10.6. The molecule has 0 amide bonds. The molecule has 0 heterocycles. The minimum atomic E-state index is -1.00. The molecule has 0 bridgehead atoms. The average molecular weight is 197 g/mol. The average Bonchev–Trinajstić information content (AvgIpc) is 2.16. The molecule has 1 unspecified atom stereocenters. The molecule has 70 valence electrons. The van der Waals surface area contributed by atoms with Gasteiger partial charge >= 0.3 is 5.97 Å². The summed E-state index contributed by atoms with van der Waals surface area (Å²) >= 11 is 1.56. The van der Waals surface area contributed by atoms with Gasteiger partial charge in [-0.2, -0.15) is 0 Å². The van der Waals surface area contributed by atoms with E-state index < -0.39 is 12.0 Å². The molecule has 0 saturated heterocycles. The van der Waals surface area contributed by atoms with Gasteiger partial charge in [0.05, 0.1) is 0 Å². The quantitative estimate of drug-likeness (QED) is 0.721. The van der Waals surface area contributed by atoms with E-state index in [1.54, 1.807) is 23.9 Å². The molecule has 4 heteroatoms. The molecule has 0 radical (unpaired) electrons. The van der Waals surface area contributed by atoms with Crippen molar-refractivity contribution < 1.29 is 9.90 Å². The van der Waals surface area contributed by atoms with Gasteiger partial charge < -0.3 is 10.8 Å². The highest BCUT2D eigenvalue weighted by molar-refractivity contribution is 7.98. The van der Waals surface area contributed by atoms with Crippen LogP contribution in [-0.4, -0.2) is 17.3 Å². The molecule has 1 aromatic rings. The first-order valence-electron chi connectivity index (χ1n) is 3.77. The fourth-order valence-electron chi connectivity index (χ4n) is 0.978. The van der Waals surface area contributed by atoms with Crippen molar-refractivity contribution in [3.8, 4) is 0 Å². The highest BCUT2D eigenvalue weighted by Gasteiger charge is 2.13. The number of hydrogen-bond acceptors (Lipinski definition) is 3. The van der Waals surface area contributed by atoms with Crippen molar-refractivity contribution in [3.05, 3.63) is 29.8 Å². The Labute approximate surface area is 80.9 Å². The van der Waals surface area contributed by atoms with E-state index in [9.17, 15) is 4.79 Å². The largest absolute Gasteiger partial charge is 0.480 e. The molecule has 0 aliphatic heterocycles. The zero-order chi connectivity index (χ0) is 9.84. The summed E-state index contributed by atoms with van der Waals surface area (Å²) in [6.07, 6.45) is 1.94. The van der Waals surface area contributed by atoms with Crippen molar-refractivity contribution in [2.45, 2.75) is 10.9 Å². The molecule has 0 aliphatic carbocycles. The highest BCUT2D eigenvalue weighted by Crippen LogP contribution is 2.19. The topological polar surface area (TPSA) is 63.3 Å². The summed E-state index contributed by atoms with van der Waals surface area (Å²) in [6.45, 7) is 0. The summed E-state index contributed by atoms with van der Waals surface area (Å²) in [6, 6.07) is 6.32. The van der Waals surface area contributed by atoms with Gasteiger partial charge in [0.25, 0.3) is 0 Å². The van der Waals surface area contributed by atoms with Gasteiger partial charge in [-0.25, -0.2) is 0 Å². The lowest BCUT2D eigenvalue weighted by Crippen LogP contribution is -2.20. The Hall–Kier alpha value is -1.00. The zero-order valence-electron chi connectivity index (χ0n) is 7.23. The van der Waals surface area contributed by atoms with Crippen LogP contribution in [0.1, 0.15) is 11.6 Å². The van der Waals surface area contributed by atoms with E-state index in [0.717, 1.165) is 4.90 Å². The predicted octanol–water partition coefficient (Wildman–Crippen LogP) is 1.49. The van der Waals surface area contributed by atoms with E-state index in [1.165, 1.54) is 0 Å². The summed E-state index contributed by atoms with van der Waals surface area (Å²) in [4.78, 5) is 11.6. The van der Waals surface area contributed by atoms with Gasteiger partial charge in [-0.1, -0.05) is 12.1 Å². The van der Waals surface area contributed by atoms with E-state index >= 15 is 0 Å². The van der Waals surface area contributed by atoms with Crippen molar-refractivity contribution in [2.24, 2.45) is 5.73 Å². The first-order valence-corrected chi connectivity index (χ1v) is 5.00. The van der Waals surface area contributed by atoms with Gasteiger partial charge in [0.2, 0.25) is 0 Å². The van der Waals surface area contributed by atoms with Gasteiger partial charge in [-0.05, 0) is 24.0 Å². The Morgan fingerprint density at radius 3 is 2.85 bits per heavy atom. The number of hydrogen-bond donors (Lipinski definition) is 2. The van der Waals surface area contributed by atoms with Gasteiger partial charge in [-0.3, -0.25) is 4.79 Å². The van der Waals surface area contributed by atoms with Crippen LogP contribution < -0.4 is 5.73 Å². The Morgan fingerprint density at radius 2 is 2.31 bits per heavy atom. The van der Waals surface area contributed by atoms with Crippen LogP contribution in [0.5, 0.6) is 0 Å². The Bertz CT molecular complexity index is 314. The van der Waals surface area contributed by atoms with Crippen LogP contribution in [-0.2, 0) is 4.79 Å². The van der Waals surface area contributed by atoms with Crippen LogP contribution in [0.2, 0.25) is 0 Å². The molecule has 1 rings (SSSR count). The maximum atomic E-state index is 10.6. The molecule has 0 aliphatic rings. The maximum Gasteiger partial charge on any atom is 0.325 e. The van der Waals surface area contributed by atoms with Crippen molar-refractivity contribution >= 4 is 17.7 Å². The molecule has 1 atom stereocenters. The zero-order valence-corrected chi connectivity index (χ0v) is 8.04. The molecule has 1 aromatic carbocycles. The minimum Gasteiger partial charge on any atom is -0.480 e. The van der Waals surface area contributed by atoms with E-state index in [2.05, 4.69) is 0 Å². The van der Waals surface area contributed by atoms with Crippen LogP contribution in [0.15, 0.2) is 29.2 Å². The third-order valence-electron chi connectivity index (χ3n) is 1.72. The number of rotatable bonds is 3. The number of thioether (sulfide) groups is 1. The first-order chi connectivity index (χ1) is 6.15. The smallest absolute Gasteiger partial charge is 0.325 e. The number of nitrogens with two attached hydrogens (primary N) is 1. The fraction of sp³-hybridized carbons (Fsp3) is 0.222. The molecular weight excluding hydrogens is 186 g/mol. The monoisotopic (exact) mass is 197 g/mol. The Kier molecular flexibility index (Phi) is 3.33. The lowest BCUT2D eigenvalue weighted by molar-refractivity contribution is -0.138. The second kappa shape index (κ2) is 4.30. The van der Waals surface area contributed by atoms with Gasteiger partial charge in [0.1, 0.15) is 6.04 Å². The first kappa shape index (κ1) is 10.1. The van der Waals surface area contributed by atoms with E-state index in [0.29, 0.717) is 5.56 Å². The van der Waals surface area contributed by atoms with Crippen molar-refractivity contribution in [1.82, 2.24) is 0 Å². The lowest BCUT2D eigenvalue weighted by Gasteiger charge is -2.07. The molecule has 0 fully saturated rings. The summed E-state index contributed by atoms with van der Waals surface area (Å²) in [7, 11) is 0. The summed E-state index contributed by atoms with van der Waals surface area (Å²) < 4.78 is 0. The van der Waals surface area contributed by atoms with E-state index in [-0.39, 0.29) is 0 Å². The summed E-state index contributed by atoms with van der Waals surface area (Å²) in [5.74, 6) is -1.00. The van der Waals surface area contributed by atoms with Crippen LogP contribution >= 0.6 is 11.8 Å². The van der Waals surface area contributed by atoms with E-state index in [4.69, 9.17) is 10.8 Å². The molecule has 0 aromatic heterocycles. The molecule has 0 spiro atoms. The van der Waals surface area contributed by atoms with Crippen LogP contribution in [0.4, 0.5) is 0 Å². The third kappa shape index (κ3) is 2.47. The summed E-state index contributed by atoms with van der Waals surface area (Å²) in [5.41, 5.74) is 6.09. The van der Waals surface area contributed by atoms with E-state index in [1.807, 2.05) is 18.4 Å². The minimum absolute atomic E-state index is 0.638. The Morgan fingerprint density at radius 1 is 1.62 bits per heavy atom. The number of carbonyl (C=O) groups is 1. The summed E-state index contributed by atoms with van der Waals surface area (Å²) in [5, 5.41) is 8.67. The van der Waals surface area contributed by atoms with Crippen LogP contribution in [0.3, 0.4) is 0 Å². The van der Waals surface area contributed by atoms with Crippen molar-refractivity contribution in [3.63, 3.8) is 0 Å². The molecular formula is C9H11NO2S. The van der Waals surface area contributed by atoms with Crippen molar-refractivity contribution in [2.75, 3.05) is 6.26 Å². The second-order valence-corrected chi connectivity index (χ2v) is 3.47. The molecule has 0 saturated carbocycles.